The summed E-state index contributed by atoms with van der Waals surface area (Å²) in [4.78, 5) is 0. The number of ether oxygens (including phenoxy) is 1. The largest absolute Gasteiger partial charge is 0.494 e. The number of hydrogen-bond acceptors (Lipinski definition) is 2. The lowest BCUT2D eigenvalue weighted by Crippen LogP contribution is -2.04. The number of aromatic amines is 1. The summed E-state index contributed by atoms with van der Waals surface area (Å²) in [5, 5.41) is 7.26. The van der Waals surface area contributed by atoms with Crippen LogP contribution in [-0.2, 0) is 12.8 Å². The number of fused-ring (bicyclic) bond motifs is 3. The lowest BCUT2D eigenvalue weighted by Gasteiger charge is -2.17. The molecule has 1 aromatic heterocycles. The predicted molar refractivity (Wildman–Crippen MR) is 81.1 cm³/mol. The van der Waals surface area contributed by atoms with Crippen LogP contribution >= 0.6 is 0 Å². The Bertz CT molecular complexity index is 574. The van der Waals surface area contributed by atoms with E-state index in [1.807, 2.05) is 6.20 Å². The highest BCUT2D eigenvalue weighted by molar-refractivity contribution is 5.70. The van der Waals surface area contributed by atoms with Crippen LogP contribution < -0.4 is 4.74 Å². The summed E-state index contributed by atoms with van der Waals surface area (Å²) in [5.41, 5.74) is 5.15. The molecule has 2 aromatic rings. The van der Waals surface area contributed by atoms with Gasteiger partial charge in [0.1, 0.15) is 5.75 Å². The van der Waals surface area contributed by atoms with Crippen LogP contribution in [0, 0.1) is 0 Å². The normalized spacial score (nSPS) is 12.8. The number of aromatic nitrogens is 2. The molecule has 0 saturated carbocycles. The molecule has 1 N–H and O–H groups in total. The van der Waals surface area contributed by atoms with Crippen LogP contribution in [0.4, 0.5) is 0 Å². The second kappa shape index (κ2) is 6.12. The van der Waals surface area contributed by atoms with Crippen molar-refractivity contribution in [2.75, 3.05) is 6.61 Å². The molecule has 20 heavy (non-hydrogen) atoms. The van der Waals surface area contributed by atoms with Crippen LogP contribution in [0.25, 0.3) is 11.3 Å². The summed E-state index contributed by atoms with van der Waals surface area (Å²) in [6.45, 7) is 3.06. The van der Waals surface area contributed by atoms with Gasteiger partial charge in [-0.3, -0.25) is 5.10 Å². The van der Waals surface area contributed by atoms with Crippen LogP contribution in [0.3, 0.4) is 0 Å². The zero-order chi connectivity index (χ0) is 13.8. The van der Waals surface area contributed by atoms with Gasteiger partial charge in [-0.25, -0.2) is 0 Å². The highest BCUT2D eigenvalue weighted by Gasteiger charge is 2.17. The molecular weight excluding hydrogens is 248 g/mol. The van der Waals surface area contributed by atoms with Crippen molar-refractivity contribution in [3.05, 3.63) is 35.5 Å². The zero-order valence-electron chi connectivity index (χ0n) is 12.1. The minimum atomic E-state index is 0.827. The summed E-state index contributed by atoms with van der Waals surface area (Å²) in [7, 11) is 0. The number of nitrogens with zero attached hydrogens (tertiary/aromatic N) is 1. The average molecular weight is 270 g/mol. The Morgan fingerprint density at radius 2 is 2.05 bits per heavy atom. The minimum Gasteiger partial charge on any atom is -0.494 e. The fourth-order valence-corrected chi connectivity index (χ4v) is 2.83. The minimum absolute atomic E-state index is 0.827. The van der Waals surface area contributed by atoms with Crippen molar-refractivity contribution >= 4 is 0 Å². The molecule has 1 aliphatic rings. The standard InChI is InChI=1S/C17H22N2O/c1-2-3-4-5-10-20-15-8-9-16-13(11-15)6-7-14-12-18-19-17(14)16/h8-9,11-12H,2-7,10H2,1H3,(H,18,19). The Labute approximate surface area is 120 Å². The van der Waals surface area contributed by atoms with Gasteiger partial charge in [0, 0.05) is 5.56 Å². The fraction of sp³-hybridized carbons (Fsp3) is 0.471. The summed E-state index contributed by atoms with van der Waals surface area (Å²) in [5.74, 6) is 1.00. The van der Waals surface area contributed by atoms with E-state index in [2.05, 4.69) is 35.3 Å². The molecule has 0 spiro atoms. The van der Waals surface area contributed by atoms with E-state index in [4.69, 9.17) is 4.74 Å². The van der Waals surface area contributed by atoms with Crippen molar-refractivity contribution < 1.29 is 4.74 Å². The highest BCUT2D eigenvalue weighted by Crippen LogP contribution is 2.33. The summed E-state index contributed by atoms with van der Waals surface area (Å²) in [6, 6.07) is 6.43. The number of unbranched alkanes of at least 4 members (excludes halogenated alkanes) is 3. The maximum atomic E-state index is 5.86. The van der Waals surface area contributed by atoms with Crippen LogP contribution in [0.2, 0.25) is 0 Å². The van der Waals surface area contributed by atoms with Gasteiger partial charge in [-0.05, 0) is 48.6 Å². The van der Waals surface area contributed by atoms with E-state index in [-0.39, 0.29) is 0 Å². The van der Waals surface area contributed by atoms with Crippen molar-refractivity contribution in [1.29, 1.82) is 0 Å². The molecule has 1 aromatic carbocycles. The monoisotopic (exact) mass is 270 g/mol. The predicted octanol–water partition coefficient (Wildman–Crippen LogP) is 4.13. The molecule has 0 bridgehead atoms. The Hall–Kier alpha value is -1.77. The molecule has 3 heteroatoms. The molecule has 1 heterocycles. The molecule has 0 amide bonds. The molecule has 106 valence electrons. The van der Waals surface area contributed by atoms with E-state index in [1.165, 1.54) is 41.6 Å². The summed E-state index contributed by atoms with van der Waals surface area (Å²) in [6.07, 6.45) is 9.07. The summed E-state index contributed by atoms with van der Waals surface area (Å²) < 4.78 is 5.86. The molecule has 0 fully saturated rings. The number of H-pyrrole nitrogens is 1. The first-order chi connectivity index (χ1) is 9.88. The second-order valence-corrected chi connectivity index (χ2v) is 5.50. The molecule has 0 radical (unpaired) electrons. The maximum Gasteiger partial charge on any atom is 0.119 e. The Kier molecular flexibility index (Phi) is 4.05. The molecule has 1 aliphatic carbocycles. The van der Waals surface area contributed by atoms with Gasteiger partial charge in [-0.15, -0.1) is 0 Å². The second-order valence-electron chi connectivity index (χ2n) is 5.50. The third kappa shape index (κ3) is 2.72. The van der Waals surface area contributed by atoms with Gasteiger partial charge in [0.05, 0.1) is 18.5 Å². The third-order valence-corrected chi connectivity index (χ3v) is 3.99. The number of aryl methyl sites for hydroxylation is 2. The summed E-state index contributed by atoms with van der Waals surface area (Å²) >= 11 is 0. The van der Waals surface area contributed by atoms with E-state index in [0.717, 1.165) is 31.6 Å². The van der Waals surface area contributed by atoms with Crippen molar-refractivity contribution in [2.45, 2.75) is 45.4 Å². The third-order valence-electron chi connectivity index (χ3n) is 3.99. The van der Waals surface area contributed by atoms with Crippen molar-refractivity contribution in [1.82, 2.24) is 10.2 Å². The molecule has 0 aliphatic heterocycles. The van der Waals surface area contributed by atoms with E-state index in [1.54, 1.807) is 0 Å². The molecular formula is C17H22N2O. The Morgan fingerprint density at radius 1 is 1.15 bits per heavy atom. The smallest absolute Gasteiger partial charge is 0.119 e. The van der Waals surface area contributed by atoms with Crippen LogP contribution in [0.5, 0.6) is 5.75 Å². The molecule has 3 nitrogen and oxygen atoms in total. The van der Waals surface area contributed by atoms with E-state index < -0.39 is 0 Å². The average Bonchev–Trinajstić information content (AvgIpc) is 2.95. The van der Waals surface area contributed by atoms with E-state index in [9.17, 15) is 0 Å². The van der Waals surface area contributed by atoms with Crippen molar-refractivity contribution in [3.63, 3.8) is 0 Å². The molecule has 0 saturated heterocycles. The molecule has 3 rings (SSSR count). The lowest BCUT2D eigenvalue weighted by molar-refractivity contribution is 0.305. The van der Waals surface area contributed by atoms with Crippen LogP contribution in [0.1, 0.15) is 43.7 Å². The van der Waals surface area contributed by atoms with Gasteiger partial charge in [-0.2, -0.15) is 5.10 Å². The maximum absolute atomic E-state index is 5.86. The number of hydrogen-bond donors (Lipinski definition) is 1. The van der Waals surface area contributed by atoms with Crippen molar-refractivity contribution in [3.8, 4) is 17.0 Å². The van der Waals surface area contributed by atoms with Gasteiger partial charge >= 0.3 is 0 Å². The number of benzene rings is 1. The van der Waals surface area contributed by atoms with Gasteiger partial charge in [-0.1, -0.05) is 26.2 Å². The first kappa shape index (κ1) is 13.2. The van der Waals surface area contributed by atoms with Gasteiger partial charge in [0.25, 0.3) is 0 Å². The van der Waals surface area contributed by atoms with Gasteiger partial charge in [0.15, 0.2) is 0 Å². The number of nitrogens with one attached hydrogen (secondary N) is 1. The highest BCUT2D eigenvalue weighted by atomic mass is 16.5. The quantitative estimate of drug-likeness (QED) is 0.801. The van der Waals surface area contributed by atoms with E-state index in [0.29, 0.717) is 0 Å². The van der Waals surface area contributed by atoms with Gasteiger partial charge in [0.2, 0.25) is 0 Å². The SMILES string of the molecule is CCCCCCOc1ccc2c(c1)CCc1cn[nH]c1-2. The van der Waals surface area contributed by atoms with E-state index >= 15 is 0 Å². The topological polar surface area (TPSA) is 37.9 Å². The Morgan fingerprint density at radius 3 is 2.95 bits per heavy atom. The number of rotatable bonds is 6. The zero-order valence-corrected chi connectivity index (χ0v) is 12.1. The first-order valence-electron chi connectivity index (χ1n) is 7.67. The molecule has 0 atom stereocenters. The Balaban J connectivity index is 1.65. The molecule has 0 unspecified atom stereocenters. The van der Waals surface area contributed by atoms with Crippen LogP contribution in [0.15, 0.2) is 24.4 Å². The van der Waals surface area contributed by atoms with Gasteiger partial charge < -0.3 is 4.74 Å². The first-order valence-corrected chi connectivity index (χ1v) is 7.67. The fourth-order valence-electron chi connectivity index (χ4n) is 2.83. The van der Waals surface area contributed by atoms with Crippen molar-refractivity contribution in [2.24, 2.45) is 0 Å². The lowest BCUT2D eigenvalue weighted by atomic mass is 9.90. The van der Waals surface area contributed by atoms with Crippen LogP contribution in [-0.4, -0.2) is 16.8 Å².